The summed E-state index contributed by atoms with van der Waals surface area (Å²) in [6.07, 6.45) is 0.0832. The third-order valence-corrected chi connectivity index (χ3v) is 8.21. The molecule has 1 fully saturated rings. The zero-order valence-corrected chi connectivity index (χ0v) is 22.4. The summed E-state index contributed by atoms with van der Waals surface area (Å²) in [6.45, 7) is 1.56. The summed E-state index contributed by atoms with van der Waals surface area (Å²) < 4.78 is 73.5. The van der Waals surface area contributed by atoms with Crippen LogP contribution in [0.2, 0.25) is 0 Å². The third kappa shape index (κ3) is 6.24. The van der Waals surface area contributed by atoms with Crippen LogP contribution in [0, 0.1) is 18.6 Å². The van der Waals surface area contributed by atoms with Crippen molar-refractivity contribution < 1.29 is 36.5 Å². The molecule has 212 valence electrons. The lowest BCUT2D eigenvalue weighted by molar-refractivity contribution is -0.0102. The highest BCUT2D eigenvalue weighted by molar-refractivity contribution is 7.93. The number of amides is 2. The summed E-state index contributed by atoms with van der Waals surface area (Å²) in [6, 6.07) is 8.93. The van der Waals surface area contributed by atoms with E-state index in [1.54, 1.807) is 4.90 Å². The lowest BCUT2D eigenvalue weighted by atomic mass is 9.96. The molecule has 8 nitrogen and oxygen atoms in total. The van der Waals surface area contributed by atoms with Gasteiger partial charge in [-0.15, -0.1) is 4.36 Å². The van der Waals surface area contributed by atoms with E-state index >= 15 is 0 Å². The van der Waals surface area contributed by atoms with Gasteiger partial charge in [-0.1, -0.05) is 12.1 Å². The number of anilines is 2. The number of nitrogens with zero attached hydrogens (tertiary/aromatic N) is 3. The maximum atomic E-state index is 14.7. The molecule has 4 rings (SSSR count). The maximum Gasteiger partial charge on any atom is 0.439 e. The van der Waals surface area contributed by atoms with Crippen LogP contribution in [-0.2, 0) is 9.73 Å². The molecular formula is C27H26F4N4O4S. The largest absolute Gasteiger partial charge is 0.463 e. The van der Waals surface area contributed by atoms with Crippen LogP contribution in [0.4, 0.5) is 33.9 Å². The smallest absolute Gasteiger partial charge is 0.439 e. The summed E-state index contributed by atoms with van der Waals surface area (Å²) in [5.74, 6) is -5.30. The normalized spacial score (nSPS) is 16.5. The number of nitrogens with one attached hydrogen (secondary N) is 1. The fourth-order valence-corrected chi connectivity index (χ4v) is 5.67. The Kier molecular flexibility index (Phi) is 8.15. The first kappa shape index (κ1) is 29.0. The van der Waals surface area contributed by atoms with Gasteiger partial charge in [-0.3, -0.25) is 4.79 Å². The zero-order chi connectivity index (χ0) is 29.2. The molecule has 2 aromatic carbocycles. The summed E-state index contributed by atoms with van der Waals surface area (Å²) in [5, 5.41) is 11.6. The molecule has 2 heterocycles. The first-order chi connectivity index (χ1) is 18.8. The van der Waals surface area contributed by atoms with Crippen LogP contribution < -0.4 is 10.2 Å². The van der Waals surface area contributed by atoms with Gasteiger partial charge < -0.3 is 15.3 Å². The van der Waals surface area contributed by atoms with Crippen molar-refractivity contribution in [2.75, 3.05) is 29.6 Å². The number of halogens is 4. The van der Waals surface area contributed by atoms with E-state index in [1.807, 2.05) is 0 Å². The van der Waals surface area contributed by atoms with E-state index < -0.39 is 51.3 Å². The predicted octanol–water partition coefficient (Wildman–Crippen LogP) is 6.35. The molecule has 1 aliphatic rings. The second kappa shape index (κ2) is 11.2. The zero-order valence-electron chi connectivity index (χ0n) is 21.6. The minimum Gasteiger partial charge on any atom is -0.463 e. The molecule has 2 N–H and O–H groups in total. The highest BCUT2D eigenvalue weighted by Crippen LogP contribution is 2.36. The highest BCUT2D eigenvalue weighted by atomic mass is 32.2. The Morgan fingerprint density at radius 2 is 1.77 bits per heavy atom. The Bertz CT molecular complexity index is 1590. The number of carbonyl (C=O) groups is 2. The molecule has 1 aromatic heterocycles. The quantitative estimate of drug-likeness (QED) is 0.342. The number of pyridine rings is 1. The van der Waals surface area contributed by atoms with Gasteiger partial charge in [0.1, 0.15) is 17.5 Å². The van der Waals surface area contributed by atoms with Crippen LogP contribution in [0.25, 0.3) is 11.1 Å². The molecule has 1 saturated heterocycles. The monoisotopic (exact) mass is 578 g/mol. The fourth-order valence-electron chi connectivity index (χ4n) is 4.59. The van der Waals surface area contributed by atoms with Gasteiger partial charge in [0, 0.05) is 54.5 Å². The number of carbonyl (C=O) groups excluding carboxylic acids is 1. The van der Waals surface area contributed by atoms with Crippen LogP contribution in [0.3, 0.4) is 0 Å². The van der Waals surface area contributed by atoms with E-state index in [2.05, 4.69) is 14.7 Å². The lowest BCUT2D eigenvalue weighted by Gasteiger charge is -2.26. The Hall–Kier alpha value is -4.00. The SMILES string of the molecule is Cc1c(-c2c(F)cccc2F)cnc(N2CCCC(F)(F)CC2)c1C(=O)Nc1cccc(S(C)(=O)=NC(=O)O)c1. The summed E-state index contributed by atoms with van der Waals surface area (Å²) >= 11 is 0. The molecule has 0 spiro atoms. The molecule has 0 bridgehead atoms. The number of benzene rings is 2. The van der Waals surface area contributed by atoms with Crippen molar-refractivity contribution in [2.45, 2.75) is 37.0 Å². The van der Waals surface area contributed by atoms with E-state index in [1.165, 1.54) is 43.5 Å². The second-order valence-corrected chi connectivity index (χ2v) is 11.7. The number of carboxylic acid groups (broad SMARTS) is 1. The molecule has 0 aliphatic carbocycles. The van der Waals surface area contributed by atoms with Crippen molar-refractivity contribution in [3.63, 3.8) is 0 Å². The van der Waals surface area contributed by atoms with E-state index in [0.717, 1.165) is 18.4 Å². The average Bonchev–Trinajstić information content (AvgIpc) is 3.04. The molecule has 0 radical (unpaired) electrons. The second-order valence-electron chi connectivity index (χ2n) is 9.45. The molecule has 3 aromatic rings. The average molecular weight is 579 g/mol. The van der Waals surface area contributed by atoms with Crippen molar-refractivity contribution in [2.24, 2.45) is 4.36 Å². The fraction of sp³-hybridized carbons (Fsp3) is 0.296. The van der Waals surface area contributed by atoms with Gasteiger partial charge in [0.15, 0.2) is 0 Å². The van der Waals surface area contributed by atoms with Gasteiger partial charge in [0.2, 0.25) is 5.92 Å². The summed E-state index contributed by atoms with van der Waals surface area (Å²) in [7, 11) is -3.33. The minimum atomic E-state index is -3.33. The lowest BCUT2D eigenvalue weighted by Crippen LogP contribution is -2.30. The van der Waals surface area contributed by atoms with Crippen molar-refractivity contribution in [1.82, 2.24) is 4.98 Å². The molecule has 1 aliphatic heterocycles. The molecule has 1 unspecified atom stereocenters. The van der Waals surface area contributed by atoms with Crippen LogP contribution >= 0.6 is 0 Å². The van der Waals surface area contributed by atoms with Gasteiger partial charge in [0.05, 0.1) is 20.9 Å². The summed E-state index contributed by atoms with van der Waals surface area (Å²) in [4.78, 5) is 30.6. The van der Waals surface area contributed by atoms with E-state index in [0.29, 0.717) is 0 Å². The summed E-state index contributed by atoms with van der Waals surface area (Å²) in [5.41, 5.74) is -0.163. The third-order valence-electron chi connectivity index (χ3n) is 6.58. The van der Waals surface area contributed by atoms with Crippen molar-refractivity contribution in [3.8, 4) is 11.1 Å². The Labute approximate surface area is 228 Å². The van der Waals surface area contributed by atoms with Crippen molar-refractivity contribution in [3.05, 3.63) is 71.4 Å². The van der Waals surface area contributed by atoms with Gasteiger partial charge in [0.25, 0.3) is 5.91 Å². The van der Waals surface area contributed by atoms with E-state index in [9.17, 15) is 31.4 Å². The highest BCUT2D eigenvalue weighted by Gasteiger charge is 2.34. The van der Waals surface area contributed by atoms with Crippen LogP contribution in [0.15, 0.2) is 57.9 Å². The predicted molar refractivity (Wildman–Crippen MR) is 143 cm³/mol. The first-order valence-electron chi connectivity index (χ1n) is 12.2. The Morgan fingerprint density at radius 3 is 2.45 bits per heavy atom. The number of hydrogen-bond acceptors (Lipinski definition) is 5. The van der Waals surface area contributed by atoms with Crippen molar-refractivity contribution >= 4 is 33.2 Å². The Morgan fingerprint density at radius 1 is 1.10 bits per heavy atom. The van der Waals surface area contributed by atoms with Crippen LogP contribution in [0.1, 0.15) is 35.2 Å². The number of aromatic nitrogens is 1. The van der Waals surface area contributed by atoms with Crippen LogP contribution in [-0.4, -0.2) is 51.6 Å². The van der Waals surface area contributed by atoms with Gasteiger partial charge in [-0.25, -0.2) is 31.5 Å². The van der Waals surface area contributed by atoms with Gasteiger partial charge in [-0.2, -0.15) is 0 Å². The molecule has 0 saturated carbocycles. The van der Waals surface area contributed by atoms with E-state index in [4.69, 9.17) is 5.11 Å². The van der Waals surface area contributed by atoms with Crippen LogP contribution in [0.5, 0.6) is 0 Å². The molecule has 40 heavy (non-hydrogen) atoms. The molecule has 1 atom stereocenters. The Balaban J connectivity index is 1.82. The topological polar surface area (TPSA) is 112 Å². The number of hydrogen-bond donors (Lipinski definition) is 2. The number of rotatable bonds is 5. The standard InChI is InChI=1S/C27H26F4N4O4S/c1-16-19(23-20(28)8-4-9-21(23)29)15-32-24(35-12-5-10-27(30,31)11-13-35)22(16)25(36)33-17-6-3-7-18(14-17)40(2,39)34-26(37)38/h3-4,6-9,14-15H,5,10-13H2,1-2H3,(H,33,36)(H,37,38). The number of alkyl halides is 2. The van der Waals surface area contributed by atoms with Gasteiger partial charge in [-0.05, 0) is 49.2 Å². The minimum absolute atomic E-state index is 0.00948. The van der Waals surface area contributed by atoms with E-state index in [-0.39, 0.29) is 59.0 Å². The maximum absolute atomic E-state index is 14.7. The van der Waals surface area contributed by atoms with Gasteiger partial charge >= 0.3 is 6.09 Å². The molecule has 13 heteroatoms. The molecular weight excluding hydrogens is 552 g/mol. The molecule has 2 amide bonds. The first-order valence-corrected chi connectivity index (χ1v) is 14.1. The van der Waals surface area contributed by atoms with Crippen molar-refractivity contribution in [1.29, 1.82) is 0 Å².